The van der Waals surface area contributed by atoms with E-state index in [1.807, 2.05) is 17.5 Å². The first-order chi connectivity index (χ1) is 6.27. The summed E-state index contributed by atoms with van der Waals surface area (Å²) in [5, 5.41) is 9.45. The zero-order valence-electron chi connectivity index (χ0n) is 6.90. The highest BCUT2D eigenvalue weighted by Gasteiger charge is 2.12. The summed E-state index contributed by atoms with van der Waals surface area (Å²) < 4.78 is 5.35. The number of hydrogen-bond donors (Lipinski definition) is 0. The molecule has 0 fully saturated rings. The van der Waals surface area contributed by atoms with Gasteiger partial charge in [-0.2, -0.15) is 0 Å². The van der Waals surface area contributed by atoms with Gasteiger partial charge >= 0.3 is 0 Å². The van der Waals surface area contributed by atoms with Gasteiger partial charge in [-0.3, -0.25) is 0 Å². The first kappa shape index (κ1) is 8.72. The Morgan fingerprint density at radius 3 is 2.92 bits per heavy atom. The maximum absolute atomic E-state index is 5.79. The van der Waals surface area contributed by atoms with Crippen LogP contribution in [-0.4, -0.2) is 10.2 Å². The minimum Gasteiger partial charge on any atom is -0.418 e. The Balaban J connectivity index is 2.33. The number of hydrogen-bond acceptors (Lipinski definition) is 4. The van der Waals surface area contributed by atoms with E-state index in [1.54, 1.807) is 18.3 Å². The van der Waals surface area contributed by atoms with Crippen molar-refractivity contribution in [3.8, 4) is 10.8 Å². The summed E-state index contributed by atoms with van der Waals surface area (Å²) in [7, 11) is 0. The molecule has 0 aromatic carbocycles. The van der Waals surface area contributed by atoms with Crippen LogP contribution in [0.15, 0.2) is 21.9 Å². The molecule has 3 nitrogen and oxygen atoms in total. The molecule has 0 aliphatic heterocycles. The zero-order chi connectivity index (χ0) is 9.26. The quantitative estimate of drug-likeness (QED) is 0.722. The lowest BCUT2D eigenvalue weighted by atomic mass is 10.5. The van der Waals surface area contributed by atoms with Gasteiger partial charge in [-0.25, -0.2) is 0 Å². The molecule has 68 valence electrons. The molecule has 0 aliphatic carbocycles. The van der Waals surface area contributed by atoms with Crippen LogP contribution in [0.5, 0.6) is 0 Å². The molecule has 2 heterocycles. The summed E-state index contributed by atoms with van der Waals surface area (Å²) in [6, 6.07) is 3.87. The van der Waals surface area contributed by atoms with Crippen LogP contribution in [0, 0.1) is 0 Å². The summed E-state index contributed by atoms with van der Waals surface area (Å²) >= 11 is 7.35. The van der Waals surface area contributed by atoms with Crippen LogP contribution >= 0.6 is 22.9 Å². The van der Waals surface area contributed by atoms with Crippen molar-refractivity contribution in [1.29, 1.82) is 0 Å². The summed E-state index contributed by atoms with van der Waals surface area (Å²) in [5.74, 6) is 1.00. The van der Waals surface area contributed by atoms with Gasteiger partial charge in [0.1, 0.15) is 5.38 Å². The Hall–Kier alpha value is -0.870. The van der Waals surface area contributed by atoms with Gasteiger partial charge in [0, 0.05) is 0 Å². The molecule has 0 radical (unpaired) electrons. The van der Waals surface area contributed by atoms with E-state index < -0.39 is 0 Å². The van der Waals surface area contributed by atoms with Gasteiger partial charge in [-0.15, -0.1) is 33.1 Å². The minimum atomic E-state index is -0.235. The predicted molar refractivity (Wildman–Crippen MR) is 51.9 cm³/mol. The van der Waals surface area contributed by atoms with Crippen LogP contribution in [0.2, 0.25) is 0 Å². The summed E-state index contributed by atoms with van der Waals surface area (Å²) in [6.07, 6.45) is 0. The monoisotopic (exact) mass is 214 g/mol. The molecule has 0 aliphatic rings. The SMILES string of the molecule is C[C@@H](Cl)c1nnc(-c2cccs2)o1. The average molecular weight is 215 g/mol. The highest BCUT2D eigenvalue weighted by atomic mass is 35.5. The molecule has 0 bridgehead atoms. The van der Waals surface area contributed by atoms with Crippen LogP contribution in [0.25, 0.3) is 10.8 Å². The van der Waals surface area contributed by atoms with E-state index >= 15 is 0 Å². The van der Waals surface area contributed by atoms with Crippen LogP contribution in [0.3, 0.4) is 0 Å². The molecule has 2 aromatic heterocycles. The lowest BCUT2D eigenvalue weighted by Gasteiger charge is -1.91. The van der Waals surface area contributed by atoms with E-state index in [0.717, 1.165) is 4.88 Å². The number of nitrogens with zero attached hydrogens (tertiary/aromatic N) is 2. The van der Waals surface area contributed by atoms with Gasteiger partial charge in [0.25, 0.3) is 5.89 Å². The standard InChI is InChI=1S/C8H7ClN2OS/c1-5(9)7-10-11-8(12-7)6-3-2-4-13-6/h2-5H,1H3/t5-/m1/s1. The fraction of sp³-hybridized carbons (Fsp3) is 0.250. The fourth-order valence-electron chi connectivity index (χ4n) is 0.895. The third-order valence-corrected chi connectivity index (χ3v) is 2.56. The van der Waals surface area contributed by atoms with Gasteiger partial charge in [0.15, 0.2) is 0 Å². The Labute approximate surface area is 84.4 Å². The second-order valence-corrected chi connectivity index (χ2v) is 4.14. The largest absolute Gasteiger partial charge is 0.418 e. The van der Waals surface area contributed by atoms with Crippen molar-refractivity contribution in [1.82, 2.24) is 10.2 Å². The normalized spacial score (nSPS) is 13.1. The summed E-state index contributed by atoms with van der Waals surface area (Å²) in [6.45, 7) is 1.80. The molecule has 1 atom stereocenters. The first-order valence-electron chi connectivity index (χ1n) is 3.78. The maximum atomic E-state index is 5.79. The molecular weight excluding hydrogens is 208 g/mol. The van der Waals surface area contributed by atoms with E-state index in [4.69, 9.17) is 16.0 Å². The lowest BCUT2D eigenvalue weighted by Crippen LogP contribution is -1.81. The summed E-state index contributed by atoms with van der Waals surface area (Å²) in [4.78, 5) is 0.969. The van der Waals surface area contributed by atoms with Crippen molar-refractivity contribution in [2.75, 3.05) is 0 Å². The molecule has 2 rings (SSSR count). The number of aromatic nitrogens is 2. The van der Waals surface area contributed by atoms with E-state index in [-0.39, 0.29) is 5.38 Å². The van der Waals surface area contributed by atoms with Gasteiger partial charge in [0.2, 0.25) is 5.89 Å². The number of thiophene rings is 1. The molecule has 0 unspecified atom stereocenters. The van der Waals surface area contributed by atoms with Crippen LogP contribution in [0.1, 0.15) is 18.2 Å². The minimum absolute atomic E-state index is 0.235. The van der Waals surface area contributed by atoms with Crippen molar-refractivity contribution < 1.29 is 4.42 Å². The third-order valence-electron chi connectivity index (χ3n) is 1.51. The van der Waals surface area contributed by atoms with E-state index in [9.17, 15) is 0 Å². The topological polar surface area (TPSA) is 38.9 Å². The molecule has 5 heteroatoms. The van der Waals surface area contributed by atoms with Gasteiger partial charge in [-0.05, 0) is 18.4 Å². The van der Waals surface area contributed by atoms with Crippen LogP contribution in [0.4, 0.5) is 0 Å². The smallest absolute Gasteiger partial charge is 0.257 e. The van der Waals surface area contributed by atoms with E-state index in [2.05, 4.69) is 10.2 Å². The van der Waals surface area contributed by atoms with Gasteiger partial charge < -0.3 is 4.42 Å². The second kappa shape index (κ2) is 3.47. The van der Waals surface area contributed by atoms with Crippen LogP contribution in [-0.2, 0) is 0 Å². The Morgan fingerprint density at radius 2 is 2.38 bits per heavy atom. The zero-order valence-corrected chi connectivity index (χ0v) is 8.47. The van der Waals surface area contributed by atoms with Crippen molar-refractivity contribution >= 4 is 22.9 Å². The lowest BCUT2D eigenvalue weighted by molar-refractivity contribution is 0.508. The number of halogens is 1. The first-order valence-corrected chi connectivity index (χ1v) is 5.10. The molecule has 0 saturated heterocycles. The van der Waals surface area contributed by atoms with Crippen LogP contribution < -0.4 is 0 Å². The molecule has 2 aromatic rings. The van der Waals surface area contributed by atoms with Crippen molar-refractivity contribution in [3.05, 3.63) is 23.4 Å². The average Bonchev–Trinajstić information content (AvgIpc) is 2.75. The highest BCUT2D eigenvalue weighted by molar-refractivity contribution is 7.13. The van der Waals surface area contributed by atoms with E-state index in [1.165, 1.54) is 0 Å². The predicted octanol–water partition coefficient (Wildman–Crippen LogP) is 3.10. The summed E-state index contributed by atoms with van der Waals surface area (Å²) in [5.41, 5.74) is 0. The Morgan fingerprint density at radius 1 is 1.54 bits per heavy atom. The molecular formula is C8H7ClN2OS. The molecule has 0 saturated carbocycles. The highest BCUT2D eigenvalue weighted by Crippen LogP contribution is 2.26. The third kappa shape index (κ3) is 1.73. The van der Waals surface area contributed by atoms with Gasteiger partial charge in [-0.1, -0.05) is 6.07 Å². The molecule has 13 heavy (non-hydrogen) atoms. The van der Waals surface area contributed by atoms with E-state index in [0.29, 0.717) is 11.8 Å². The number of rotatable bonds is 2. The molecule has 0 amide bonds. The maximum Gasteiger partial charge on any atom is 0.257 e. The fourth-order valence-corrected chi connectivity index (χ4v) is 1.63. The molecule has 0 spiro atoms. The van der Waals surface area contributed by atoms with Crippen molar-refractivity contribution in [2.45, 2.75) is 12.3 Å². The Kier molecular flexibility index (Phi) is 2.33. The van der Waals surface area contributed by atoms with Gasteiger partial charge in [0.05, 0.1) is 4.88 Å². The molecule has 0 N–H and O–H groups in total. The Bertz CT molecular complexity index is 383. The van der Waals surface area contributed by atoms with Crippen molar-refractivity contribution in [2.24, 2.45) is 0 Å². The van der Waals surface area contributed by atoms with Crippen molar-refractivity contribution in [3.63, 3.8) is 0 Å². The number of alkyl halides is 1. The second-order valence-electron chi connectivity index (χ2n) is 2.54.